The number of rotatable bonds is 5. The van der Waals surface area contributed by atoms with Gasteiger partial charge >= 0.3 is 5.97 Å². The maximum atomic E-state index is 12.1. The molecule has 2 atom stereocenters. The zero-order chi connectivity index (χ0) is 15.5. The zero-order valence-electron chi connectivity index (χ0n) is 11.9. The lowest BCUT2D eigenvalue weighted by atomic mass is 10.1. The minimum Gasteiger partial charge on any atom is -0.481 e. The summed E-state index contributed by atoms with van der Waals surface area (Å²) in [6, 6.07) is 10.9. The van der Waals surface area contributed by atoms with Crippen molar-refractivity contribution in [2.24, 2.45) is 5.92 Å². The van der Waals surface area contributed by atoms with Crippen LogP contribution in [-0.4, -0.2) is 22.0 Å². The van der Waals surface area contributed by atoms with Crippen molar-refractivity contribution in [3.8, 4) is 0 Å². The molecule has 3 rings (SSSR count). The van der Waals surface area contributed by atoms with Crippen LogP contribution in [0, 0.1) is 5.92 Å². The van der Waals surface area contributed by atoms with Crippen LogP contribution in [0.1, 0.15) is 33.8 Å². The second-order valence-corrected chi connectivity index (χ2v) is 5.45. The number of aromatic nitrogens is 1. The zero-order valence-corrected chi connectivity index (χ0v) is 11.9. The third-order valence-electron chi connectivity index (χ3n) is 3.88. The monoisotopic (exact) mass is 296 g/mol. The Labute approximate surface area is 128 Å². The molecule has 0 radical (unpaired) electrons. The Morgan fingerprint density at radius 2 is 2.00 bits per heavy atom. The summed E-state index contributed by atoms with van der Waals surface area (Å²) < 4.78 is 0. The lowest BCUT2D eigenvalue weighted by molar-refractivity contribution is -0.138. The maximum absolute atomic E-state index is 12.1. The molecule has 0 aliphatic heterocycles. The SMILES string of the molecule is O=C(NCc1cccnc1)c1ccc(C2CC2C(=O)O)cc1. The van der Waals surface area contributed by atoms with Crippen molar-refractivity contribution < 1.29 is 14.7 Å². The van der Waals surface area contributed by atoms with E-state index in [1.54, 1.807) is 24.5 Å². The number of pyridine rings is 1. The lowest BCUT2D eigenvalue weighted by Crippen LogP contribution is -2.22. The molecular formula is C17H16N2O3. The van der Waals surface area contributed by atoms with Crippen molar-refractivity contribution >= 4 is 11.9 Å². The highest BCUT2D eigenvalue weighted by atomic mass is 16.4. The fraction of sp³-hybridized carbons (Fsp3) is 0.235. The molecule has 0 bridgehead atoms. The van der Waals surface area contributed by atoms with Crippen molar-refractivity contribution in [3.05, 3.63) is 65.5 Å². The highest BCUT2D eigenvalue weighted by Crippen LogP contribution is 2.47. The summed E-state index contributed by atoms with van der Waals surface area (Å²) in [7, 11) is 0. The average Bonchev–Trinajstić information content (AvgIpc) is 3.35. The Balaban J connectivity index is 1.58. The van der Waals surface area contributed by atoms with Crippen LogP contribution in [0.4, 0.5) is 0 Å². The molecule has 5 heteroatoms. The number of aliphatic carboxylic acids is 1. The van der Waals surface area contributed by atoms with Crippen LogP contribution >= 0.6 is 0 Å². The molecule has 1 fully saturated rings. The predicted molar refractivity (Wildman–Crippen MR) is 80.3 cm³/mol. The van der Waals surface area contributed by atoms with Gasteiger partial charge in [0.1, 0.15) is 0 Å². The Kier molecular flexibility index (Phi) is 3.87. The van der Waals surface area contributed by atoms with E-state index >= 15 is 0 Å². The van der Waals surface area contributed by atoms with Crippen molar-refractivity contribution in [2.75, 3.05) is 0 Å². The maximum Gasteiger partial charge on any atom is 0.307 e. The van der Waals surface area contributed by atoms with Gasteiger partial charge in [-0.15, -0.1) is 0 Å². The number of nitrogens with zero attached hydrogens (tertiary/aromatic N) is 1. The molecule has 0 saturated heterocycles. The van der Waals surface area contributed by atoms with E-state index in [-0.39, 0.29) is 17.7 Å². The van der Waals surface area contributed by atoms with Crippen molar-refractivity contribution in [2.45, 2.75) is 18.9 Å². The van der Waals surface area contributed by atoms with E-state index in [1.807, 2.05) is 24.3 Å². The van der Waals surface area contributed by atoms with Crippen molar-refractivity contribution in [1.29, 1.82) is 0 Å². The molecule has 1 saturated carbocycles. The van der Waals surface area contributed by atoms with Gasteiger partial charge in [-0.2, -0.15) is 0 Å². The number of hydrogen-bond donors (Lipinski definition) is 2. The van der Waals surface area contributed by atoms with Crippen LogP contribution in [-0.2, 0) is 11.3 Å². The molecule has 1 aliphatic carbocycles. The minimum atomic E-state index is -0.747. The van der Waals surface area contributed by atoms with E-state index in [0.717, 1.165) is 11.1 Å². The van der Waals surface area contributed by atoms with Gasteiger partial charge in [-0.1, -0.05) is 18.2 Å². The Morgan fingerprint density at radius 1 is 1.23 bits per heavy atom. The molecule has 0 spiro atoms. The van der Waals surface area contributed by atoms with Gasteiger partial charge in [0.2, 0.25) is 0 Å². The molecule has 1 aromatic heterocycles. The van der Waals surface area contributed by atoms with Gasteiger partial charge in [-0.05, 0) is 41.7 Å². The molecular weight excluding hydrogens is 280 g/mol. The molecule has 2 aromatic rings. The van der Waals surface area contributed by atoms with Crippen LogP contribution in [0.3, 0.4) is 0 Å². The van der Waals surface area contributed by atoms with Gasteiger partial charge in [0.15, 0.2) is 0 Å². The first-order chi connectivity index (χ1) is 10.6. The fourth-order valence-corrected chi connectivity index (χ4v) is 2.51. The standard InChI is InChI=1S/C17H16N2O3/c20-16(19-10-11-2-1-7-18-9-11)13-5-3-12(4-6-13)14-8-15(14)17(21)22/h1-7,9,14-15H,8,10H2,(H,19,20)(H,21,22). The molecule has 1 heterocycles. The third kappa shape index (κ3) is 3.14. The third-order valence-corrected chi connectivity index (χ3v) is 3.88. The molecule has 1 amide bonds. The number of nitrogens with one attached hydrogen (secondary N) is 1. The van der Waals surface area contributed by atoms with E-state index in [4.69, 9.17) is 5.11 Å². The summed E-state index contributed by atoms with van der Waals surface area (Å²) in [5.41, 5.74) is 2.49. The first kappa shape index (κ1) is 14.3. The lowest BCUT2D eigenvalue weighted by Gasteiger charge is -2.06. The summed E-state index contributed by atoms with van der Waals surface area (Å²) in [6.07, 6.45) is 4.08. The number of carbonyl (C=O) groups is 2. The molecule has 2 N–H and O–H groups in total. The highest BCUT2D eigenvalue weighted by Gasteiger charge is 2.44. The van der Waals surface area contributed by atoms with E-state index in [0.29, 0.717) is 18.5 Å². The number of carboxylic acid groups (broad SMARTS) is 1. The fourth-order valence-electron chi connectivity index (χ4n) is 2.51. The van der Waals surface area contributed by atoms with Gasteiger partial charge in [0, 0.05) is 24.5 Å². The average molecular weight is 296 g/mol. The summed E-state index contributed by atoms with van der Waals surface area (Å²) in [5, 5.41) is 11.8. The number of hydrogen-bond acceptors (Lipinski definition) is 3. The van der Waals surface area contributed by atoms with Gasteiger partial charge in [-0.25, -0.2) is 0 Å². The number of amides is 1. The van der Waals surface area contributed by atoms with Crippen molar-refractivity contribution in [1.82, 2.24) is 10.3 Å². The summed E-state index contributed by atoms with van der Waals surface area (Å²) in [4.78, 5) is 26.9. The Bertz CT molecular complexity index is 683. The highest BCUT2D eigenvalue weighted by molar-refractivity contribution is 5.94. The van der Waals surface area contributed by atoms with E-state index in [2.05, 4.69) is 10.3 Å². The van der Waals surface area contributed by atoms with Crippen LogP contribution < -0.4 is 5.32 Å². The number of benzene rings is 1. The molecule has 1 aliphatic rings. The molecule has 1 aromatic carbocycles. The van der Waals surface area contributed by atoms with Crippen LogP contribution in [0.2, 0.25) is 0 Å². The second kappa shape index (κ2) is 5.97. The van der Waals surface area contributed by atoms with Crippen LogP contribution in [0.5, 0.6) is 0 Å². The molecule has 5 nitrogen and oxygen atoms in total. The van der Waals surface area contributed by atoms with Crippen LogP contribution in [0.25, 0.3) is 0 Å². The van der Waals surface area contributed by atoms with E-state index in [1.165, 1.54) is 0 Å². The smallest absolute Gasteiger partial charge is 0.307 e. The number of carbonyl (C=O) groups excluding carboxylic acids is 1. The molecule has 112 valence electrons. The second-order valence-electron chi connectivity index (χ2n) is 5.45. The normalized spacial score (nSPS) is 19.5. The summed E-state index contributed by atoms with van der Waals surface area (Å²) >= 11 is 0. The summed E-state index contributed by atoms with van der Waals surface area (Å²) in [5.74, 6) is -1.08. The van der Waals surface area contributed by atoms with E-state index < -0.39 is 5.97 Å². The quantitative estimate of drug-likeness (QED) is 0.886. The van der Waals surface area contributed by atoms with Crippen molar-refractivity contribution in [3.63, 3.8) is 0 Å². The largest absolute Gasteiger partial charge is 0.481 e. The van der Waals surface area contributed by atoms with Gasteiger partial charge < -0.3 is 10.4 Å². The number of carboxylic acids is 1. The van der Waals surface area contributed by atoms with Crippen LogP contribution in [0.15, 0.2) is 48.8 Å². The van der Waals surface area contributed by atoms with Gasteiger partial charge in [0.05, 0.1) is 5.92 Å². The van der Waals surface area contributed by atoms with Gasteiger partial charge in [-0.3, -0.25) is 14.6 Å². The molecule has 22 heavy (non-hydrogen) atoms. The topological polar surface area (TPSA) is 79.3 Å². The molecule has 2 unspecified atom stereocenters. The predicted octanol–water partition coefficient (Wildman–Crippen LogP) is 2.20. The van der Waals surface area contributed by atoms with Gasteiger partial charge in [0.25, 0.3) is 5.91 Å². The summed E-state index contributed by atoms with van der Waals surface area (Å²) in [6.45, 7) is 0.429. The van der Waals surface area contributed by atoms with E-state index in [9.17, 15) is 9.59 Å². The minimum absolute atomic E-state index is 0.0880. The Morgan fingerprint density at radius 3 is 2.59 bits per heavy atom. The Hall–Kier alpha value is -2.69. The first-order valence-electron chi connectivity index (χ1n) is 7.15. The first-order valence-corrected chi connectivity index (χ1v) is 7.15.